The van der Waals surface area contributed by atoms with Gasteiger partial charge in [-0.15, -0.1) is 0 Å². The van der Waals surface area contributed by atoms with Crippen LogP contribution in [0.2, 0.25) is 5.02 Å². The predicted octanol–water partition coefficient (Wildman–Crippen LogP) is 3.49. The lowest BCUT2D eigenvalue weighted by atomic mass is 9.98. The number of nitrogens with zero attached hydrogens (tertiary/aromatic N) is 2. The van der Waals surface area contributed by atoms with Gasteiger partial charge in [-0.1, -0.05) is 36.7 Å². The van der Waals surface area contributed by atoms with Gasteiger partial charge in [0.25, 0.3) is 0 Å². The van der Waals surface area contributed by atoms with Gasteiger partial charge in [0.2, 0.25) is 0 Å². The van der Waals surface area contributed by atoms with Crippen molar-refractivity contribution in [2.45, 2.75) is 18.9 Å². The fourth-order valence-corrected chi connectivity index (χ4v) is 3.34. The van der Waals surface area contributed by atoms with Crippen LogP contribution in [0.1, 0.15) is 30.0 Å². The number of halogens is 1. The second-order valence-corrected chi connectivity index (χ2v) is 6.39. The lowest BCUT2D eigenvalue weighted by Gasteiger charge is -2.38. The van der Waals surface area contributed by atoms with Gasteiger partial charge in [-0.3, -0.25) is 9.88 Å². The van der Waals surface area contributed by atoms with Crippen molar-refractivity contribution >= 4 is 11.6 Å². The SMILES string of the molecule is CC(CN1CCNCC1c1cccnc1)c1cccc(Cl)c1. The zero-order valence-corrected chi connectivity index (χ0v) is 13.6. The minimum Gasteiger partial charge on any atom is -0.314 e. The second kappa shape index (κ2) is 7.23. The Morgan fingerprint density at radius 3 is 3.05 bits per heavy atom. The lowest BCUT2D eigenvalue weighted by Crippen LogP contribution is -2.47. The Morgan fingerprint density at radius 2 is 2.27 bits per heavy atom. The van der Waals surface area contributed by atoms with Crippen LogP contribution in [-0.4, -0.2) is 36.1 Å². The first kappa shape index (κ1) is 15.5. The normalized spacial score (nSPS) is 20.7. The molecule has 2 atom stereocenters. The highest BCUT2D eigenvalue weighted by Crippen LogP contribution is 2.26. The third kappa shape index (κ3) is 3.67. The maximum Gasteiger partial charge on any atom is 0.0488 e. The molecule has 1 aliphatic rings. The number of hydrogen-bond donors (Lipinski definition) is 1. The molecule has 0 radical (unpaired) electrons. The molecular formula is C18H22ClN3. The average molecular weight is 316 g/mol. The molecule has 4 heteroatoms. The Kier molecular flexibility index (Phi) is 5.08. The summed E-state index contributed by atoms with van der Waals surface area (Å²) in [5.74, 6) is 0.455. The minimum atomic E-state index is 0.393. The first-order valence-electron chi connectivity index (χ1n) is 7.84. The highest BCUT2D eigenvalue weighted by Gasteiger charge is 2.25. The summed E-state index contributed by atoms with van der Waals surface area (Å²) in [6, 6.07) is 12.8. The van der Waals surface area contributed by atoms with Gasteiger partial charge in [-0.05, 0) is 35.2 Å². The largest absolute Gasteiger partial charge is 0.314 e. The van der Waals surface area contributed by atoms with E-state index in [0.29, 0.717) is 12.0 Å². The fourth-order valence-electron chi connectivity index (χ4n) is 3.14. The van der Waals surface area contributed by atoms with Gasteiger partial charge >= 0.3 is 0 Å². The summed E-state index contributed by atoms with van der Waals surface area (Å²) in [5.41, 5.74) is 2.59. The number of piperazine rings is 1. The van der Waals surface area contributed by atoms with Crippen molar-refractivity contribution in [1.29, 1.82) is 0 Å². The first-order chi connectivity index (χ1) is 10.7. The Balaban J connectivity index is 1.74. The van der Waals surface area contributed by atoms with Crippen LogP contribution in [-0.2, 0) is 0 Å². The van der Waals surface area contributed by atoms with Crippen molar-refractivity contribution in [3.8, 4) is 0 Å². The van der Waals surface area contributed by atoms with Crippen LogP contribution in [0.15, 0.2) is 48.8 Å². The lowest BCUT2D eigenvalue weighted by molar-refractivity contribution is 0.154. The minimum absolute atomic E-state index is 0.393. The molecule has 0 spiro atoms. The summed E-state index contributed by atoms with van der Waals surface area (Å²) in [6.45, 7) is 6.38. The molecule has 1 fully saturated rings. The molecule has 0 bridgehead atoms. The van der Waals surface area contributed by atoms with Crippen molar-refractivity contribution in [3.63, 3.8) is 0 Å². The first-order valence-corrected chi connectivity index (χ1v) is 8.22. The van der Waals surface area contributed by atoms with Crippen LogP contribution in [0, 0.1) is 0 Å². The molecule has 1 aromatic heterocycles. The van der Waals surface area contributed by atoms with E-state index in [2.05, 4.69) is 40.3 Å². The van der Waals surface area contributed by atoms with Gasteiger partial charge in [-0.25, -0.2) is 0 Å². The van der Waals surface area contributed by atoms with E-state index < -0.39 is 0 Å². The molecule has 22 heavy (non-hydrogen) atoms. The molecule has 1 N–H and O–H groups in total. The predicted molar refractivity (Wildman–Crippen MR) is 91.3 cm³/mol. The standard InChI is InChI=1S/C18H22ClN3/c1-14(15-4-2-6-17(19)10-15)13-22-9-8-21-12-18(22)16-5-3-7-20-11-16/h2-7,10-11,14,18,21H,8-9,12-13H2,1H3. The van der Waals surface area contributed by atoms with Gasteiger partial charge in [-0.2, -0.15) is 0 Å². The zero-order chi connectivity index (χ0) is 15.4. The molecule has 0 saturated carbocycles. The highest BCUT2D eigenvalue weighted by atomic mass is 35.5. The summed E-state index contributed by atoms with van der Waals surface area (Å²) in [4.78, 5) is 6.83. The zero-order valence-electron chi connectivity index (χ0n) is 12.9. The molecule has 0 amide bonds. The van der Waals surface area contributed by atoms with Crippen molar-refractivity contribution in [2.75, 3.05) is 26.2 Å². The smallest absolute Gasteiger partial charge is 0.0488 e. The Bertz CT molecular complexity index is 602. The number of hydrogen-bond acceptors (Lipinski definition) is 3. The summed E-state index contributed by atoms with van der Waals surface area (Å²) in [6.07, 6.45) is 3.81. The van der Waals surface area contributed by atoms with Gasteiger partial charge in [0.05, 0.1) is 0 Å². The van der Waals surface area contributed by atoms with Crippen LogP contribution >= 0.6 is 11.6 Å². The summed E-state index contributed by atoms with van der Waals surface area (Å²) < 4.78 is 0. The number of nitrogens with one attached hydrogen (secondary N) is 1. The van der Waals surface area contributed by atoms with Crippen molar-refractivity contribution in [2.24, 2.45) is 0 Å². The number of pyridine rings is 1. The molecule has 1 aliphatic heterocycles. The van der Waals surface area contributed by atoms with Crippen molar-refractivity contribution in [3.05, 3.63) is 64.9 Å². The van der Waals surface area contributed by atoms with E-state index in [1.807, 2.05) is 30.6 Å². The summed E-state index contributed by atoms with van der Waals surface area (Å²) >= 11 is 6.12. The molecule has 2 heterocycles. The molecule has 1 saturated heterocycles. The molecule has 1 aromatic carbocycles. The maximum absolute atomic E-state index is 6.12. The Morgan fingerprint density at radius 1 is 1.36 bits per heavy atom. The van der Waals surface area contributed by atoms with Crippen LogP contribution in [0.5, 0.6) is 0 Å². The molecule has 3 nitrogen and oxygen atoms in total. The fraction of sp³-hybridized carbons (Fsp3) is 0.389. The van der Waals surface area contributed by atoms with E-state index in [1.54, 1.807) is 0 Å². The van der Waals surface area contributed by atoms with Crippen LogP contribution in [0.4, 0.5) is 0 Å². The quantitative estimate of drug-likeness (QED) is 0.936. The number of aromatic nitrogens is 1. The monoisotopic (exact) mass is 315 g/mol. The summed E-state index contributed by atoms with van der Waals surface area (Å²) in [7, 11) is 0. The van der Waals surface area contributed by atoms with Gasteiger partial charge < -0.3 is 5.32 Å². The molecule has 2 unspecified atom stereocenters. The van der Waals surface area contributed by atoms with E-state index in [0.717, 1.165) is 31.2 Å². The van der Waals surface area contributed by atoms with Crippen molar-refractivity contribution in [1.82, 2.24) is 15.2 Å². The Labute approximate surface area is 137 Å². The van der Waals surface area contributed by atoms with Gasteiger partial charge in [0.15, 0.2) is 0 Å². The van der Waals surface area contributed by atoms with Gasteiger partial charge in [0.1, 0.15) is 0 Å². The molecule has 116 valence electrons. The van der Waals surface area contributed by atoms with Crippen LogP contribution < -0.4 is 5.32 Å². The van der Waals surface area contributed by atoms with Crippen LogP contribution in [0.25, 0.3) is 0 Å². The topological polar surface area (TPSA) is 28.2 Å². The second-order valence-electron chi connectivity index (χ2n) is 5.96. The molecule has 2 aromatic rings. The Hall–Kier alpha value is -1.42. The van der Waals surface area contributed by atoms with Crippen LogP contribution in [0.3, 0.4) is 0 Å². The van der Waals surface area contributed by atoms with E-state index in [1.165, 1.54) is 11.1 Å². The average Bonchev–Trinajstić information content (AvgIpc) is 2.56. The van der Waals surface area contributed by atoms with E-state index in [4.69, 9.17) is 11.6 Å². The number of benzene rings is 1. The van der Waals surface area contributed by atoms with Gasteiger partial charge in [0, 0.05) is 49.6 Å². The third-order valence-corrected chi connectivity index (χ3v) is 4.58. The number of rotatable bonds is 4. The van der Waals surface area contributed by atoms with Crippen molar-refractivity contribution < 1.29 is 0 Å². The molecule has 0 aliphatic carbocycles. The van der Waals surface area contributed by atoms with E-state index >= 15 is 0 Å². The van der Waals surface area contributed by atoms with E-state index in [-0.39, 0.29) is 0 Å². The molecule has 3 rings (SSSR count). The maximum atomic E-state index is 6.12. The molecular weight excluding hydrogens is 294 g/mol. The highest BCUT2D eigenvalue weighted by molar-refractivity contribution is 6.30. The van der Waals surface area contributed by atoms with E-state index in [9.17, 15) is 0 Å². The third-order valence-electron chi connectivity index (χ3n) is 4.35. The summed E-state index contributed by atoms with van der Waals surface area (Å²) in [5, 5.41) is 4.31.